The molecule has 1 aliphatic heterocycles. The number of hydrogen-bond donors (Lipinski definition) is 2. The van der Waals surface area contributed by atoms with Gasteiger partial charge in [0, 0.05) is 25.7 Å². The van der Waals surface area contributed by atoms with Crippen LogP contribution in [0.2, 0.25) is 0 Å². The number of nitrogens with one attached hydrogen (secondary N) is 2. The van der Waals surface area contributed by atoms with Gasteiger partial charge in [0.05, 0.1) is 0 Å². The van der Waals surface area contributed by atoms with Crippen LogP contribution in [0.1, 0.15) is 33.1 Å². The van der Waals surface area contributed by atoms with E-state index in [2.05, 4.69) is 17.0 Å². The van der Waals surface area contributed by atoms with Crippen molar-refractivity contribution >= 4 is 10.2 Å². The summed E-state index contributed by atoms with van der Waals surface area (Å²) in [7, 11) is 0.580. The quantitative estimate of drug-likeness (QED) is 0.607. The van der Waals surface area contributed by atoms with E-state index in [0.717, 1.165) is 32.4 Å². The molecule has 21 heavy (non-hydrogen) atoms. The lowest BCUT2D eigenvalue weighted by molar-refractivity contribution is 0.262. The van der Waals surface area contributed by atoms with E-state index in [9.17, 15) is 8.42 Å². The smallest absolute Gasteiger partial charge is 0.279 e. The molecule has 1 heterocycles. The molecular formula is C14H32N4O2S. The molecule has 0 aromatic rings. The van der Waals surface area contributed by atoms with Gasteiger partial charge in [-0.3, -0.25) is 0 Å². The molecule has 0 spiro atoms. The molecule has 1 atom stereocenters. The largest absolute Gasteiger partial charge is 0.316 e. The molecule has 1 saturated heterocycles. The Morgan fingerprint density at radius 2 is 1.90 bits per heavy atom. The van der Waals surface area contributed by atoms with Gasteiger partial charge in [0.1, 0.15) is 0 Å². The van der Waals surface area contributed by atoms with Gasteiger partial charge in [-0.1, -0.05) is 6.92 Å². The van der Waals surface area contributed by atoms with E-state index in [-0.39, 0.29) is 6.04 Å². The minimum Gasteiger partial charge on any atom is -0.316 e. The summed E-state index contributed by atoms with van der Waals surface area (Å²) in [6, 6.07) is 0.190. The van der Waals surface area contributed by atoms with Crippen LogP contribution in [0.3, 0.4) is 0 Å². The Morgan fingerprint density at radius 3 is 2.43 bits per heavy atom. The topological polar surface area (TPSA) is 64.7 Å². The highest BCUT2D eigenvalue weighted by atomic mass is 32.2. The first-order valence-electron chi connectivity index (χ1n) is 7.98. The van der Waals surface area contributed by atoms with E-state index in [1.54, 1.807) is 4.31 Å². The molecule has 0 radical (unpaired) electrons. The monoisotopic (exact) mass is 320 g/mol. The zero-order valence-electron chi connectivity index (χ0n) is 13.9. The molecule has 126 valence electrons. The molecule has 0 aromatic heterocycles. The minimum absolute atomic E-state index is 0.190. The Labute approximate surface area is 130 Å². The summed E-state index contributed by atoms with van der Waals surface area (Å²) in [4.78, 5) is 2.01. The van der Waals surface area contributed by atoms with E-state index in [1.807, 2.05) is 25.9 Å². The predicted molar refractivity (Wildman–Crippen MR) is 87.5 cm³/mol. The van der Waals surface area contributed by atoms with Gasteiger partial charge in [-0.25, -0.2) is 4.72 Å². The lowest BCUT2D eigenvalue weighted by Crippen LogP contribution is -2.48. The van der Waals surface area contributed by atoms with E-state index in [1.165, 1.54) is 0 Å². The SMILES string of the molecule is CCCNCC1CCN(S(=O)(=O)NCC(C)N(C)C)CC1. The summed E-state index contributed by atoms with van der Waals surface area (Å²) < 4.78 is 28.8. The summed E-state index contributed by atoms with van der Waals surface area (Å²) in [6.45, 7) is 7.92. The standard InChI is InChI=1S/C14H32N4O2S/c1-5-8-15-12-14-6-9-18(10-7-14)21(19,20)16-11-13(2)17(3)4/h13-16H,5-12H2,1-4H3. The number of likely N-dealkylation sites (N-methyl/N-ethyl adjacent to an activating group) is 1. The van der Waals surface area contributed by atoms with Crippen molar-refractivity contribution in [3.63, 3.8) is 0 Å². The van der Waals surface area contributed by atoms with Crippen molar-refractivity contribution in [2.45, 2.75) is 39.2 Å². The fourth-order valence-electron chi connectivity index (χ4n) is 2.34. The van der Waals surface area contributed by atoms with Crippen LogP contribution >= 0.6 is 0 Å². The van der Waals surface area contributed by atoms with Crippen LogP contribution in [-0.2, 0) is 10.2 Å². The third kappa shape index (κ3) is 6.61. The summed E-state index contributed by atoms with van der Waals surface area (Å²) in [5, 5.41) is 3.42. The molecule has 2 N–H and O–H groups in total. The first-order valence-corrected chi connectivity index (χ1v) is 9.42. The van der Waals surface area contributed by atoms with Gasteiger partial charge in [-0.15, -0.1) is 0 Å². The van der Waals surface area contributed by atoms with E-state index in [0.29, 0.717) is 25.6 Å². The normalized spacial score (nSPS) is 20.0. The van der Waals surface area contributed by atoms with Crippen LogP contribution in [0, 0.1) is 5.92 Å². The highest BCUT2D eigenvalue weighted by Gasteiger charge is 2.27. The van der Waals surface area contributed by atoms with Crippen molar-refractivity contribution in [1.82, 2.24) is 19.2 Å². The molecule has 1 rings (SSSR count). The number of hydrogen-bond acceptors (Lipinski definition) is 4. The van der Waals surface area contributed by atoms with Crippen molar-refractivity contribution in [3.8, 4) is 0 Å². The summed E-state index contributed by atoms with van der Waals surface area (Å²) in [5.74, 6) is 0.601. The molecule has 0 bridgehead atoms. The van der Waals surface area contributed by atoms with Gasteiger partial charge in [-0.05, 0) is 59.3 Å². The van der Waals surface area contributed by atoms with Gasteiger partial charge in [0.15, 0.2) is 0 Å². The van der Waals surface area contributed by atoms with E-state index in [4.69, 9.17) is 0 Å². The molecule has 1 fully saturated rings. The van der Waals surface area contributed by atoms with E-state index >= 15 is 0 Å². The molecule has 6 nitrogen and oxygen atoms in total. The van der Waals surface area contributed by atoms with Crippen molar-refractivity contribution in [2.24, 2.45) is 5.92 Å². The van der Waals surface area contributed by atoms with Crippen LogP contribution in [0.5, 0.6) is 0 Å². The molecule has 0 aromatic carbocycles. The number of piperidine rings is 1. The minimum atomic E-state index is -3.32. The maximum absolute atomic E-state index is 12.3. The van der Waals surface area contributed by atoms with Gasteiger partial charge >= 0.3 is 0 Å². The van der Waals surface area contributed by atoms with Crippen molar-refractivity contribution in [1.29, 1.82) is 0 Å². The number of rotatable bonds is 9. The predicted octanol–water partition coefficient (Wildman–Crippen LogP) is 0.483. The van der Waals surface area contributed by atoms with Gasteiger partial charge in [-0.2, -0.15) is 12.7 Å². The molecule has 1 aliphatic rings. The molecule has 0 amide bonds. The highest BCUT2D eigenvalue weighted by molar-refractivity contribution is 7.87. The molecule has 0 aliphatic carbocycles. The summed E-state index contributed by atoms with van der Waals surface area (Å²) in [6.07, 6.45) is 3.03. The highest BCUT2D eigenvalue weighted by Crippen LogP contribution is 2.18. The van der Waals surface area contributed by atoms with Gasteiger partial charge in [0.2, 0.25) is 0 Å². The zero-order chi connectivity index (χ0) is 15.9. The summed E-state index contributed by atoms with van der Waals surface area (Å²) in [5.41, 5.74) is 0. The van der Waals surface area contributed by atoms with Crippen LogP contribution in [0.25, 0.3) is 0 Å². The van der Waals surface area contributed by atoms with Crippen LogP contribution in [-0.4, -0.2) is 70.5 Å². The van der Waals surface area contributed by atoms with Gasteiger partial charge in [0.25, 0.3) is 10.2 Å². The van der Waals surface area contributed by atoms with E-state index < -0.39 is 10.2 Å². The third-order valence-electron chi connectivity index (χ3n) is 4.22. The van der Waals surface area contributed by atoms with Crippen LogP contribution in [0.15, 0.2) is 0 Å². The van der Waals surface area contributed by atoms with Crippen molar-refractivity contribution in [3.05, 3.63) is 0 Å². The van der Waals surface area contributed by atoms with Crippen LogP contribution in [0.4, 0.5) is 0 Å². The van der Waals surface area contributed by atoms with Gasteiger partial charge < -0.3 is 10.2 Å². The van der Waals surface area contributed by atoms with Crippen LogP contribution < -0.4 is 10.0 Å². The molecular weight excluding hydrogens is 288 g/mol. The Balaban J connectivity index is 2.34. The number of nitrogens with zero attached hydrogens (tertiary/aromatic N) is 2. The summed E-state index contributed by atoms with van der Waals surface area (Å²) >= 11 is 0. The maximum atomic E-state index is 12.3. The molecule has 7 heteroatoms. The first kappa shape index (κ1) is 18.8. The third-order valence-corrected chi connectivity index (χ3v) is 5.79. The Bertz CT molecular complexity index is 378. The van der Waals surface area contributed by atoms with Crippen molar-refractivity contribution in [2.75, 3.05) is 46.8 Å². The lowest BCUT2D eigenvalue weighted by Gasteiger charge is -2.32. The second kappa shape index (κ2) is 9.05. The second-order valence-electron chi connectivity index (χ2n) is 6.21. The fourth-order valence-corrected chi connectivity index (χ4v) is 3.66. The average molecular weight is 321 g/mol. The molecule has 0 saturated carbocycles. The lowest BCUT2D eigenvalue weighted by atomic mass is 9.98. The Hall–Kier alpha value is -0.210. The fraction of sp³-hybridized carbons (Fsp3) is 1.00. The average Bonchev–Trinajstić information content (AvgIpc) is 2.45. The second-order valence-corrected chi connectivity index (χ2v) is 7.97. The Morgan fingerprint density at radius 1 is 1.29 bits per heavy atom. The Kier molecular flexibility index (Phi) is 8.12. The molecule has 1 unspecified atom stereocenters. The maximum Gasteiger partial charge on any atom is 0.279 e. The van der Waals surface area contributed by atoms with Crippen molar-refractivity contribution < 1.29 is 8.42 Å². The first-order chi connectivity index (χ1) is 9.86. The zero-order valence-corrected chi connectivity index (χ0v) is 14.7.